The Morgan fingerprint density at radius 2 is 2.06 bits per heavy atom. The van der Waals surface area contributed by atoms with E-state index in [1.165, 1.54) is 6.20 Å². The van der Waals surface area contributed by atoms with E-state index in [-0.39, 0.29) is 5.82 Å². The van der Waals surface area contributed by atoms with Crippen molar-refractivity contribution in [3.63, 3.8) is 0 Å². The van der Waals surface area contributed by atoms with Crippen LogP contribution < -0.4 is 0 Å². The van der Waals surface area contributed by atoms with Crippen molar-refractivity contribution in [2.75, 3.05) is 0 Å². The van der Waals surface area contributed by atoms with Gasteiger partial charge < -0.3 is 14.7 Å². The summed E-state index contributed by atoms with van der Waals surface area (Å²) in [7, 11) is 0. The van der Waals surface area contributed by atoms with Gasteiger partial charge >= 0.3 is 5.82 Å². The monoisotopic (exact) mass is 217 g/mol. The Morgan fingerprint density at radius 1 is 1.38 bits per heavy atom. The van der Waals surface area contributed by atoms with Crippen molar-refractivity contribution in [1.29, 1.82) is 0 Å². The van der Waals surface area contributed by atoms with Crippen LogP contribution in [0.15, 0.2) is 36.5 Å². The molecule has 0 saturated carbocycles. The molecule has 16 heavy (non-hydrogen) atoms. The van der Waals surface area contributed by atoms with Crippen LogP contribution >= 0.6 is 0 Å². The first-order chi connectivity index (χ1) is 7.66. The van der Waals surface area contributed by atoms with Gasteiger partial charge in [0.25, 0.3) is 0 Å². The van der Waals surface area contributed by atoms with E-state index in [0.29, 0.717) is 12.4 Å². The Morgan fingerprint density at radius 3 is 2.62 bits per heavy atom. The van der Waals surface area contributed by atoms with Gasteiger partial charge in [-0.2, -0.15) is 0 Å². The first-order valence-electron chi connectivity index (χ1n) is 4.89. The van der Waals surface area contributed by atoms with Gasteiger partial charge in [0.1, 0.15) is 6.20 Å². The van der Waals surface area contributed by atoms with E-state index < -0.39 is 4.92 Å². The van der Waals surface area contributed by atoms with Crippen LogP contribution in [0, 0.1) is 17.0 Å². The molecule has 1 aromatic heterocycles. The molecule has 5 heteroatoms. The summed E-state index contributed by atoms with van der Waals surface area (Å²) < 4.78 is 1.77. The van der Waals surface area contributed by atoms with Crippen LogP contribution in [0.1, 0.15) is 11.4 Å². The van der Waals surface area contributed by atoms with Gasteiger partial charge in [0.2, 0.25) is 5.82 Å². The van der Waals surface area contributed by atoms with Crippen molar-refractivity contribution < 1.29 is 4.92 Å². The standard InChI is InChI=1S/C11H11N3O2/c1-9-12-11(14(15)16)8-13(9)7-10-5-3-2-4-6-10/h2-6,8H,7H2,1H3. The van der Waals surface area contributed by atoms with E-state index in [4.69, 9.17) is 0 Å². The van der Waals surface area contributed by atoms with Gasteiger partial charge in [-0.15, -0.1) is 0 Å². The third-order valence-electron chi connectivity index (χ3n) is 2.35. The summed E-state index contributed by atoms with van der Waals surface area (Å²) in [5, 5.41) is 10.5. The molecule has 0 aliphatic heterocycles. The Bertz CT molecular complexity index is 505. The lowest BCUT2D eigenvalue weighted by Crippen LogP contribution is -2.00. The highest BCUT2D eigenvalue weighted by Crippen LogP contribution is 2.12. The van der Waals surface area contributed by atoms with Crippen molar-refractivity contribution >= 4 is 5.82 Å². The molecule has 0 atom stereocenters. The van der Waals surface area contributed by atoms with Crippen molar-refractivity contribution in [3.8, 4) is 0 Å². The molecular weight excluding hydrogens is 206 g/mol. The zero-order chi connectivity index (χ0) is 11.5. The van der Waals surface area contributed by atoms with Gasteiger partial charge in [0, 0.05) is 6.92 Å². The summed E-state index contributed by atoms with van der Waals surface area (Å²) >= 11 is 0. The first-order valence-corrected chi connectivity index (χ1v) is 4.89. The number of hydrogen-bond acceptors (Lipinski definition) is 3. The Hall–Kier alpha value is -2.17. The summed E-state index contributed by atoms with van der Waals surface area (Å²) in [5.41, 5.74) is 1.10. The summed E-state index contributed by atoms with van der Waals surface area (Å²) in [6.45, 7) is 2.36. The summed E-state index contributed by atoms with van der Waals surface area (Å²) in [4.78, 5) is 13.9. The molecule has 1 aromatic carbocycles. The highest BCUT2D eigenvalue weighted by molar-refractivity contribution is 5.20. The molecular formula is C11H11N3O2. The molecule has 0 aliphatic rings. The number of nitrogens with zero attached hydrogens (tertiary/aromatic N) is 3. The van der Waals surface area contributed by atoms with Crippen LogP contribution in [-0.2, 0) is 6.54 Å². The number of hydrogen-bond donors (Lipinski definition) is 0. The third-order valence-corrected chi connectivity index (χ3v) is 2.35. The van der Waals surface area contributed by atoms with E-state index in [2.05, 4.69) is 4.98 Å². The maximum atomic E-state index is 10.5. The van der Waals surface area contributed by atoms with Crippen molar-refractivity contribution in [3.05, 3.63) is 58.0 Å². The molecule has 82 valence electrons. The van der Waals surface area contributed by atoms with E-state index >= 15 is 0 Å². The zero-order valence-electron chi connectivity index (χ0n) is 8.83. The molecule has 0 bridgehead atoms. The Labute approximate surface area is 92.5 Å². The number of imidazole rings is 1. The highest BCUT2D eigenvalue weighted by atomic mass is 16.6. The molecule has 0 spiro atoms. The Kier molecular flexibility index (Phi) is 2.68. The molecule has 0 radical (unpaired) electrons. The second-order valence-corrected chi connectivity index (χ2v) is 3.52. The summed E-state index contributed by atoms with van der Waals surface area (Å²) in [6.07, 6.45) is 1.46. The predicted octanol–water partition coefficient (Wildman–Crippen LogP) is 2.15. The van der Waals surface area contributed by atoms with E-state index in [1.807, 2.05) is 30.3 Å². The van der Waals surface area contributed by atoms with E-state index in [9.17, 15) is 10.1 Å². The normalized spacial score (nSPS) is 10.3. The summed E-state index contributed by atoms with van der Waals surface area (Å²) in [6, 6.07) is 9.77. The Balaban J connectivity index is 2.25. The predicted molar refractivity (Wildman–Crippen MR) is 59.2 cm³/mol. The maximum Gasteiger partial charge on any atom is 0.381 e. The average molecular weight is 217 g/mol. The van der Waals surface area contributed by atoms with Crippen molar-refractivity contribution in [2.45, 2.75) is 13.5 Å². The lowest BCUT2D eigenvalue weighted by Gasteiger charge is -2.01. The molecule has 1 heterocycles. The lowest BCUT2D eigenvalue weighted by atomic mass is 10.2. The maximum absolute atomic E-state index is 10.5. The fraction of sp³-hybridized carbons (Fsp3) is 0.182. The van der Waals surface area contributed by atoms with Gasteiger partial charge in [-0.1, -0.05) is 30.3 Å². The zero-order valence-corrected chi connectivity index (χ0v) is 8.83. The largest absolute Gasteiger partial charge is 0.381 e. The molecule has 5 nitrogen and oxygen atoms in total. The highest BCUT2D eigenvalue weighted by Gasteiger charge is 2.14. The van der Waals surface area contributed by atoms with Crippen LogP contribution in [0.25, 0.3) is 0 Å². The van der Waals surface area contributed by atoms with Crippen LogP contribution in [0.4, 0.5) is 5.82 Å². The third kappa shape index (κ3) is 2.08. The number of aromatic nitrogens is 2. The van der Waals surface area contributed by atoms with Gasteiger partial charge in [0.05, 0.1) is 6.54 Å². The minimum atomic E-state index is -0.478. The van der Waals surface area contributed by atoms with Crippen molar-refractivity contribution in [2.24, 2.45) is 0 Å². The molecule has 0 N–H and O–H groups in total. The average Bonchev–Trinajstić information content (AvgIpc) is 2.62. The second-order valence-electron chi connectivity index (χ2n) is 3.52. The molecule has 0 saturated heterocycles. The van der Waals surface area contributed by atoms with Gasteiger partial charge in [-0.25, -0.2) is 0 Å². The SMILES string of the molecule is Cc1nc([N+](=O)[O-])cn1Cc1ccccc1. The smallest absolute Gasteiger partial charge is 0.358 e. The minimum absolute atomic E-state index is 0.103. The number of rotatable bonds is 3. The van der Waals surface area contributed by atoms with Gasteiger partial charge in [-0.3, -0.25) is 0 Å². The molecule has 0 amide bonds. The first kappa shape index (κ1) is 10.4. The van der Waals surface area contributed by atoms with Crippen LogP contribution in [0.3, 0.4) is 0 Å². The quantitative estimate of drug-likeness (QED) is 0.584. The van der Waals surface area contributed by atoms with Crippen LogP contribution in [0.5, 0.6) is 0 Å². The second kappa shape index (κ2) is 4.14. The molecule has 2 aromatic rings. The molecule has 0 aliphatic carbocycles. The topological polar surface area (TPSA) is 61.0 Å². The van der Waals surface area contributed by atoms with Gasteiger partial charge in [-0.05, 0) is 15.5 Å². The summed E-state index contributed by atoms with van der Waals surface area (Å²) in [5.74, 6) is 0.545. The number of benzene rings is 1. The van der Waals surface area contributed by atoms with Gasteiger partial charge in [0.15, 0.2) is 0 Å². The van der Waals surface area contributed by atoms with E-state index in [1.54, 1.807) is 11.5 Å². The van der Waals surface area contributed by atoms with Crippen molar-refractivity contribution in [1.82, 2.24) is 9.55 Å². The lowest BCUT2D eigenvalue weighted by molar-refractivity contribution is -0.389. The molecule has 0 fully saturated rings. The molecule has 2 rings (SSSR count). The number of aryl methyl sites for hydroxylation is 1. The fourth-order valence-corrected chi connectivity index (χ4v) is 1.52. The van der Waals surface area contributed by atoms with E-state index in [0.717, 1.165) is 5.56 Å². The minimum Gasteiger partial charge on any atom is -0.358 e. The van der Waals surface area contributed by atoms with Crippen LogP contribution in [-0.4, -0.2) is 14.5 Å². The fourth-order valence-electron chi connectivity index (χ4n) is 1.52. The molecule has 0 unspecified atom stereocenters. The van der Waals surface area contributed by atoms with Crippen LogP contribution in [0.2, 0.25) is 0 Å². The number of nitro groups is 1.